The van der Waals surface area contributed by atoms with E-state index in [0.717, 1.165) is 32.9 Å². The predicted molar refractivity (Wildman–Crippen MR) is 406 cm³/mol. The molecule has 16 aromatic rings. The minimum atomic E-state index is -0.182. The number of fused-ring (bicyclic) bond motifs is 10. The van der Waals surface area contributed by atoms with Crippen molar-refractivity contribution in [1.82, 2.24) is 9.13 Å². The van der Waals surface area contributed by atoms with E-state index in [9.17, 15) is 0 Å². The molecule has 456 valence electrons. The first-order valence-corrected chi connectivity index (χ1v) is 33.5. The number of benzene rings is 14. The van der Waals surface area contributed by atoms with Crippen molar-refractivity contribution in [3.05, 3.63) is 366 Å². The van der Waals surface area contributed by atoms with Gasteiger partial charge in [-0.15, -0.1) is 0 Å². The van der Waals surface area contributed by atoms with Crippen molar-refractivity contribution in [1.29, 1.82) is 0 Å². The van der Waals surface area contributed by atoms with Gasteiger partial charge in [0.1, 0.15) is 0 Å². The van der Waals surface area contributed by atoms with E-state index in [1.54, 1.807) is 0 Å². The van der Waals surface area contributed by atoms with Gasteiger partial charge in [-0.25, -0.2) is 0 Å². The second-order valence-electron chi connectivity index (χ2n) is 26.0. The molecule has 0 saturated carbocycles. The molecular formula is C90H69BrN4. The Kier molecular flexibility index (Phi) is 15.1. The molecule has 0 fully saturated rings. The third-order valence-electron chi connectivity index (χ3n) is 19.4. The zero-order valence-corrected chi connectivity index (χ0v) is 55.1. The van der Waals surface area contributed by atoms with E-state index in [0.29, 0.717) is 0 Å². The number of hydrogen-bond donors (Lipinski definition) is 1. The standard InChI is InChI=1S/C45H34N2.C29H22BrN.C16H13N/c1-45(2)41-29-37(46(35-18-7-4-8-19-35)36-22-21-31-13-9-10-16-33(31)27-36)23-25-39(41)40-26-24-38(30-42(40)45)47-43-20-12-11-17-34(43)28-44(47)32-14-5-3-6-15-32;1-29(2)25-17-21(30)12-14-23(25)24-15-13-22(18-26(24)29)31-27-11-7-6-10-20(27)16-28(31)19-8-4-3-5-9-19;1-2-8-15(9-3-1)17-16-11-10-13-6-4-5-7-14(13)12-16/h3-30H,1-2H3;3-18H,1-2H3;1-12,17H. The second kappa shape index (κ2) is 24.3. The number of aromatic nitrogens is 2. The van der Waals surface area contributed by atoms with Crippen LogP contribution < -0.4 is 10.2 Å². The minimum absolute atomic E-state index is 0.0413. The van der Waals surface area contributed by atoms with Crippen LogP contribution >= 0.6 is 15.9 Å². The van der Waals surface area contributed by atoms with Gasteiger partial charge in [0.2, 0.25) is 0 Å². The van der Waals surface area contributed by atoms with E-state index >= 15 is 0 Å². The maximum atomic E-state index is 3.67. The molecular weight excluding hydrogens is 1220 g/mol. The highest BCUT2D eigenvalue weighted by atomic mass is 79.9. The van der Waals surface area contributed by atoms with Gasteiger partial charge < -0.3 is 19.4 Å². The summed E-state index contributed by atoms with van der Waals surface area (Å²) in [6.45, 7) is 9.42. The molecule has 0 aliphatic heterocycles. The van der Waals surface area contributed by atoms with Gasteiger partial charge in [0, 0.05) is 65.9 Å². The zero-order chi connectivity index (χ0) is 64.2. The van der Waals surface area contributed by atoms with Crippen LogP contribution in [0.15, 0.2) is 344 Å². The molecule has 0 radical (unpaired) electrons. The number of nitrogens with one attached hydrogen (secondary N) is 1. The summed E-state index contributed by atoms with van der Waals surface area (Å²) < 4.78 is 5.96. The van der Waals surface area contributed by atoms with Gasteiger partial charge in [-0.05, 0) is 199 Å². The lowest BCUT2D eigenvalue weighted by Crippen LogP contribution is -2.17. The second-order valence-corrected chi connectivity index (χ2v) is 26.9. The van der Waals surface area contributed by atoms with Crippen molar-refractivity contribution in [2.24, 2.45) is 0 Å². The smallest absolute Gasteiger partial charge is 0.0540 e. The van der Waals surface area contributed by atoms with Crippen LogP contribution in [0.2, 0.25) is 0 Å². The first-order chi connectivity index (χ1) is 46.5. The molecule has 0 amide bonds. The third-order valence-corrected chi connectivity index (χ3v) is 19.9. The summed E-state index contributed by atoms with van der Waals surface area (Å²) in [5, 5.41) is 10.9. The van der Waals surface area contributed by atoms with Gasteiger partial charge in [0.25, 0.3) is 0 Å². The van der Waals surface area contributed by atoms with Crippen molar-refractivity contribution in [2.45, 2.75) is 38.5 Å². The lowest BCUT2D eigenvalue weighted by atomic mass is 9.82. The molecule has 2 aliphatic carbocycles. The Morgan fingerprint density at radius 2 is 0.674 bits per heavy atom. The number of para-hydroxylation sites is 4. The number of anilines is 5. The molecule has 1 N–H and O–H groups in total. The highest BCUT2D eigenvalue weighted by Gasteiger charge is 2.38. The molecule has 18 rings (SSSR count). The normalized spacial score (nSPS) is 12.9. The van der Waals surface area contributed by atoms with Crippen molar-refractivity contribution in [3.8, 4) is 56.1 Å². The molecule has 0 unspecified atom stereocenters. The highest BCUT2D eigenvalue weighted by Crippen LogP contribution is 2.53. The zero-order valence-electron chi connectivity index (χ0n) is 53.6. The van der Waals surface area contributed by atoms with Gasteiger partial charge in [0.15, 0.2) is 0 Å². The third kappa shape index (κ3) is 10.9. The van der Waals surface area contributed by atoms with E-state index < -0.39 is 0 Å². The van der Waals surface area contributed by atoms with Gasteiger partial charge in [-0.3, -0.25) is 0 Å². The monoisotopic (exact) mass is 1280 g/mol. The van der Waals surface area contributed by atoms with E-state index in [1.165, 1.54) is 122 Å². The summed E-state index contributed by atoms with van der Waals surface area (Å²) in [6.07, 6.45) is 0. The molecule has 0 spiro atoms. The first-order valence-electron chi connectivity index (χ1n) is 32.7. The fourth-order valence-electron chi connectivity index (χ4n) is 14.6. The van der Waals surface area contributed by atoms with Crippen LogP contribution in [-0.4, -0.2) is 9.13 Å². The van der Waals surface area contributed by atoms with Crippen molar-refractivity contribution in [3.63, 3.8) is 0 Å². The maximum Gasteiger partial charge on any atom is 0.0540 e. The van der Waals surface area contributed by atoms with Gasteiger partial charge >= 0.3 is 0 Å². The van der Waals surface area contributed by atoms with Crippen LogP contribution in [0.25, 0.3) is 99.5 Å². The lowest BCUT2D eigenvalue weighted by Gasteiger charge is -2.28. The van der Waals surface area contributed by atoms with Crippen LogP contribution in [0.3, 0.4) is 0 Å². The molecule has 4 nitrogen and oxygen atoms in total. The van der Waals surface area contributed by atoms with Crippen molar-refractivity contribution in [2.75, 3.05) is 10.2 Å². The van der Waals surface area contributed by atoms with Crippen LogP contribution in [0, 0.1) is 0 Å². The minimum Gasteiger partial charge on any atom is -0.356 e. The Labute approximate surface area is 564 Å². The number of halogens is 1. The van der Waals surface area contributed by atoms with E-state index in [1.807, 2.05) is 18.2 Å². The largest absolute Gasteiger partial charge is 0.356 e. The summed E-state index contributed by atoms with van der Waals surface area (Å²) in [6, 6.07) is 122. The molecule has 0 saturated heterocycles. The molecule has 14 aromatic carbocycles. The van der Waals surface area contributed by atoms with E-state index in [4.69, 9.17) is 0 Å². The lowest BCUT2D eigenvalue weighted by molar-refractivity contribution is 0.659. The molecule has 5 heteroatoms. The molecule has 95 heavy (non-hydrogen) atoms. The molecule has 0 atom stereocenters. The SMILES string of the molecule is CC1(C)c2cc(Br)ccc2-c2ccc(-n3c(-c4ccccc4)cc4ccccc43)cc21.CC1(C)c2cc(N(c3ccccc3)c3ccc4ccccc4c3)ccc2-c2ccc(-n3c(-c4ccccc4)cc4ccccc43)cc21.c1ccc(Nc2ccc3ccccc3c2)cc1. The quantitative estimate of drug-likeness (QED) is 0.156. The Hall–Kier alpha value is -11.2. The van der Waals surface area contributed by atoms with Crippen LogP contribution in [0.1, 0.15) is 49.9 Å². The first kappa shape index (κ1) is 58.8. The highest BCUT2D eigenvalue weighted by molar-refractivity contribution is 9.10. The van der Waals surface area contributed by atoms with Gasteiger partial charge in [-0.1, -0.05) is 262 Å². The summed E-state index contributed by atoms with van der Waals surface area (Å²) in [7, 11) is 0. The van der Waals surface area contributed by atoms with Crippen molar-refractivity contribution < 1.29 is 0 Å². The van der Waals surface area contributed by atoms with Crippen LogP contribution in [-0.2, 0) is 10.8 Å². The Bertz CT molecular complexity index is 5530. The fourth-order valence-corrected chi connectivity index (χ4v) is 15.0. The van der Waals surface area contributed by atoms with Crippen molar-refractivity contribution >= 4 is 87.7 Å². The molecule has 2 heterocycles. The Balaban J connectivity index is 0.000000126. The molecule has 0 bridgehead atoms. The summed E-state index contributed by atoms with van der Waals surface area (Å²) in [4.78, 5) is 2.38. The van der Waals surface area contributed by atoms with Gasteiger partial charge in [0.05, 0.1) is 22.4 Å². The average molecular weight is 1290 g/mol. The van der Waals surface area contributed by atoms with Crippen LogP contribution in [0.4, 0.5) is 28.4 Å². The topological polar surface area (TPSA) is 25.1 Å². The maximum absolute atomic E-state index is 3.67. The fraction of sp³-hybridized carbons (Fsp3) is 0.0667. The van der Waals surface area contributed by atoms with Gasteiger partial charge in [-0.2, -0.15) is 0 Å². The van der Waals surface area contributed by atoms with E-state index in [-0.39, 0.29) is 10.8 Å². The summed E-state index contributed by atoms with van der Waals surface area (Å²) in [5.41, 5.74) is 26.0. The Morgan fingerprint density at radius 3 is 1.21 bits per heavy atom. The average Bonchev–Trinajstić information content (AvgIpc) is 1.58. The summed E-state index contributed by atoms with van der Waals surface area (Å²) >= 11 is 3.67. The number of hydrogen-bond acceptors (Lipinski definition) is 2. The Morgan fingerprint density at radius 1 is 0.284 bits per heavy atom. The molecule has 2 aliphatic rings. The number of nitrogens with zero attached hydrogens (tertiary/aromatic N) is 3. The number of rotatable bonds is 9. The van der Waals surface area contributed by atoms with E-state index in [2.05, 4.69) is 384 Å². The van der Waals surface area contributed by atoms with Crippen LogP contribution in [0.5, 0.6) is 0 Å². The molecule has 2 aromatic heterocycles. The summed E-state index contributed by atoms with van der Waals surface area (Å²) in [5.74, 6) is 0. The predicted octanol–water partition coefficient (Wildman–Crippen LogP) is 25.2.